The van der Waals surface area contributed by atoms with E-state index in [9.17, 15) is 9.59 Å². The van der Waals surface area contributed by atoms with E-state index in [0.29, 0.717) is 13.0 Å². The van der Waals surface area contributed by atoms with Gasteiger partial charge in [-0.3, -0.25) is 4.79 Å². The van der Waals surface area contributed by atoms with E-state index >= 15 is 0 Å². The average molecular weight is 453 g/mol. The highest BCUT2D eigenvalue weighted by molar-refractivity contribution is 5.70. The largest absolute Gasteiger partial charge is 0.462 e. The Bertz CT molecular complexity index is 577. The molecule has 0 spiro atoms. The summed E-state index contributed by atoms with van der Waals surface area (Å²) in [7, 11) is 0. The lowest BCUT2D eigenvalue weighted by Gasteiger charge is -2.18. The number of ether oxygens (including phenoxy) is 3. The van der Waals surface area contributed by atoms with Gasteiger partial charge in [-0.15, -0.1) is 0 Å². The van der Waals surface area contributed by atoms with Crippen molar-refractivity contribution in [3.63, 3.8) is 0 Å². The number of hydrogen-bond acceptors (Lipinski definition) is 6. The number of nitrogens with zero attached hydrogens (tertiary/aromatic N) is 2. The number of aromatic nitrogens is 2. The van der Waals surface area contributed by atoms with Crippen LogP contribution in [0.4, 0.5) is 4.79 Å². The SMILES string of the molecule is CCCCCCCCCOCC(COC(=O)CCCCCCCC)OC(=O)n1ccnc1. The molecule has 7 nitrogen and oxygen atoms in total. The molecule has 1 rings (SSSR count). The summed E-state index contributed by atoms with van der Waals surface area (Å²) in [6.45, 7) is 5.23. The fourth-order valence-corrected chi connectivity index (χ4v) is 3.37. The number of imidazole rings is 1. The highest BCUT2D eigenvalue weighted by Crippen LogP contribution is 2.09. The Balaban J connectivity index is 2.28. The van der Waals surface area contributed by atoms with E-state index in [1.165, 1.54) is 74.7 Å². The third kappa shape index (κ3) is 15.0. The van der Waals surface area contributed by atoms with E-state index in [4.69, 9.17) is 14.2 Å². The number of carbonyl (C=O) groups is 2. The van der Waals surface area contributed by atoms with Crippen molar-refractivity contribution in [2.45, 2.75) is 110 Å². The lowest BCUT2D eigenvalue weighted by Crippen LogP contribution is -2.31. The fourth-order valence-electron chi connectivity index (χ4n) is 3.37. The fraction of sp³-hybridized carbons (Fsp3) is 0.800. The molecule has 1 atom stereocenters. The molecular weight excluding hydrogens is 408 g/mol. The highest BCUT2D eigenvalue weighted by atomic mass is 16.6. The lowest BCUT2D eigenvalue weighted by atomic mass is 10.1. The Morgan fingerprint density at radius 1 is 0.844 bits per heavy atom. The van der Waals surface area contributed by atoms with Gasteiger partial charge in [-0.05, 0) is 12.8 Å². The summed E-state index contributed by atoms with van der Waals surface area (Å²) in [4.78, 5) is 28.1. The molecule has 0 radical (unpaired) electrons. The van der Waals surface area contributed by atoms with E-state index < -0.39 is 12.2 Å². The van der Waals surface area contributed by atoms with Gasteiger partial charge in [0.05, 0.1) is 6.61 Å². The van der Waals surface area contributed by atoms with E-state index in [1.807, 2.05) is 0 Å². The molecule has 0 aromatic carbocycles. The van der Waals surface area contributed by atoms with Crippen LogP contribution >= 0.6 is 0 Å². The molecule has 0 saturated heterocycles. The molecule has 0 aliphatic carbocycles. The molecule has 32 heavy (non-hydrogen) atoms. The Labute approximate surface area is 194 Å². The maximum absolute atomic E-state index is 12.2. The predicted molar refractivity (Wildman–Crippen MR) is 126 cm³/mol. The zero-order chi connectivity index (χ0) is 23.3. The number of esters is 1. The topological polar surface area (TPSA) is 79.7 Å². The van der Waals surface area contributed by atoms with Crippen molar-refractivity contribution in [2.24, 2.45) is 0 Å². The molecule has 0 aliphatic heterocycles. The van der Waals surface area contributed by atoms with Crippen molar-refractivity contribution in [3.05, 3.63) is 18.7 Å². The first-order valence-electron chi connectivity index (χ1n) is 12.6. The molecule has 184 valence electrons. The first-order valence-corrected chi connectivity index (χ1v) is 12.6. The summed E-state index contributed by atoms with van der Waals surface area (Å²) in [5.74, 6) is -0.253. The minimum absolute atomic E-state index is 0.00607. The molecule has 0 N–H and O–H groups in total. The van der Waals surface area contributed by atoms with E-state index in [2.05, 4.69) is 18.8 Å². The molecule has 0 amide bonds. The standard InChI is InChI=1S/C25H44N2O5/c1-3-5-7-9-11-13-15-19-30-20-23(32-25(29)27-18-17-26-22-27)21-31-24(28)16-14-12-10-8-6-4-2/h17-18,22-23H,3-16,19-21H2,1-2H3. The van der Waals surface area contributed by atoms with Crippen LogP contribution in [0.15, 0.2) is 18.7 Å². The number of rotatable bonds is 20. The lowest BCUT2D eigenvalue weighted by molar-refractivity contribution is -0.148. The summed E-state index contributed by atoms with van der Waals surface area (Å²) in [5, 5.41) is 0. The van der Waals surface area contributed by atoms with Crippen molar-refractivity contribution >= 4 is 12.1 Å². The van der Waals surface area contributed by atoms with Gasteiger partial charge in [0.2, 0.25) is 0 Å². The molecule has 1 aromatic heterocycles. The maximum Gasteiger partial charge on any atom is 0.419 e. The van der Waals surface area contributed by atoms with Crippen LogP contribution in [0.25, 0.3) is 0 Å². The van der Waals surface area contributed by atoms with Crippen LogP contribution in [0, 0.1) is 0 Å². The zero-order valence-electron chi connectivity index (χ0n) is 20.3. The average Bonchev–Trinajstić information content (AvgIpc) is 3.33. The van der Waals surface area contributed by atoms with Crippen molar-refractivity contribution in [3.8, 4) is 0 Å². The van der Waals surface area contributed by atoms with E-state index in [1.54, 1.807) is 0 Å². The minimum atomic E-state index is -0.636. The van der Waals surface area contributed by atoms with Gasteiger partial charge in [-0.2, -0.15) is 0 Å². The van der Waals surface area contributed by atoms with Crippen molar-refractivity contribution in [1.29, 1.82) is 0 Å². The molecule has 0 bridgehead atoms. The second kappa shape index (κ2) is 19.8. The third-order valence-electron chi connectivity index (χ3n) is 5.34. The molecular formula is C25H44N2O5. The third-order valence-corrected chi connectivity index (χ3v) is 5.34. The first-order chi connectivity index (χ1) is 15.7. The van der Waals surface area contributed by atoms with Crippen LogP contribution < -0.4 is 0 Å². The van der Waals surface area contributed by atoms with Gasteiger partial charge in [0.25, 0.3) is 0 Å². The van der Waals surface area contributed by atoms with Crippen molar-refractivity contribution in [2.75, 3.05) is 19.8 Å². The predicted octanol–water partition coefficient (Wildman–Crippen LogP) is 6.30. The second-order valence-corrected chi connectivity index (χ2v) is 8.37. The monoisotopic (exact) mass is 452 g/mol. The van der Waals surface area contributed by atoms with Gasteiger partial charge in [0.1, 0.15) is 12.9 Å². The smallest absolute Gasteiger partial charge is 0.419 e. The summed E-state index contributed by atoms with van der Waals surface area (Å²) in [6, 6.07) is 0. The molecule has 7 heteroatoms. The molecule has 1 heterocycles. The molecule has 1 aromatic rings. The Morgan fingerprint density at radius 3 is 2.09 bits per heavy atom. The minimum Gasteiger partial charge on any atom is -0.462 e. The Hall–Kier alpha value is -1.89. The molecule has 0 fully saturated rings. The molecule has 0 saturated carbocycles. The van der Waals surface area contributed by atoms with Gasteiger partial charge in [-0.1, -0.05) is 84.5 Å². The van der Waals surface area contributed by atoms with Gasteiger partial charge >= 0.3 is 12.1 Å². The molecule has 0 aliphatic rings. The van der Waals surface area contributed by atoms with E-state index in [-0.39, 0.29) is 19.2 Å². The Morgan fingerprint density at radius 2 is 1.47 bits per heavy atom. The van der Waals surface area contributed by atoms with Crippen LogP contribution in [-0.2, 0) is 19.0 Å². The van der Waals surface area contributed by atoms with Crippen molar-refractivity contribution in [1.82, 2.24) is 9.55 Å². The number of hydrogen-bond donors (Lipinski definition) is 0. The quantitative estimate of drug-likeness (QED) is 0.171. The normalized spacial score (nSPS) is 11.9. The summed E-state index contributed by atoms with van der Waals surface area (Å²) >= 11 is 0. The van der Waals surface area contributed by atoms with Gasteiger partial charge in [-0.25, -0.2) is 14.3 Å². The van der Waals surface area contributed by atoms with Crippen LogP contribution in [0.2, 0.25) is 0 Å². The summed E-state index contributed by atoms with van der Waals surface area (Å²) < 4.78 is 17.8. The van der Waals surface area contributed by atoms with Crippen LogP contribution in [0.5, 0.6) is 0 Å². The number of unbranched alkanes of at least 4 members (excludes halogenated alkanes) is 11. The Kier molecular flexibility index (Phi) is 17.4. The van der Waals surface area contributed by atoms with Crippen LogP contribution in [-0.4, -0.2) is 47.5 Å². The van der Waals surface area contributed by atoms with Crippen molar-refractivity contribution < 1.29 is 23.8 Å². The summed E-state index contributed by atoms with van der Waals surface area (Å²) in [5.41, 5.74) is 0. The van der Waals surface area contributed by atoms with Gasteiger partial charge in [0, 0.05) is 25.4 Å². The number of carbonyl (C=O) groups excluding carboxylic acids is 2. The van der Waals surface area contributed by atoms with Crippen LogP contribution in [0.3, 0.4) is 0 Å². The van der Waals surface area contributed by atoms with E-state index in [0.717, 1.165) is 32.1 Å². The second-order valence-electron chi connectivity index (χ2n) is 8.37. The zero-order valence-corrected chi connectivity index (χ0v) is 20.3. The first kappa shape index (κ1) is 28.1. The van der Waals surface area contributed by atoms with Crippen LogP contribution in [0.1, 0.15) is 104 Å². The van der Waals surface area contributed by atoms with Gasteiger partial charge in [0.15, 0.2) is 6.10 Å². The highest BCUT2D eigenvalue weighted by Gasteiger charge is 2.18. The summed E-state index contributed by atoms with van der Waals surface area (Å²) in [6.07, 6.45) is 18.8. The maximum atomic E-state index is 12.2. The van der Waals surface area contributed by atoms with Gasteiger partial charge < -0.3 is 14.2 Å². The molecule has 1 unspecified atom stereocenters.